The zero-order valence-electron chi connectivity index (χ0n) is 13.1. The first-order valence-corrected chi connectivity index (χ1v) is 7.83. The first kappa shape index (κ1) is 13.9. The van der Waals surface area contributed by atoms with E-state index in [1.807, 2.05) is 41.6 Å². The summed E-state index contributed by atoms with van der Waals surface area (Å²) in [4.78, 5) is 23.2. The molecule has 0 radical (unpaired) electrons. The number of hydrogen-bond donors (Lipinski definition) is 0. The van der Waals surface area contributed by atoms with E-state index in [2.05, 4.69) is 21.5 Å². The van der Waals surface area contributed by atoms with Gasteiger partial charge in [0.2, 0.25) is 5.91 Å². The summed E-state index contributed by atoms with van der Waals surface area (Å²) >= 11 is 0. The van der Waals surface area contributed by atoms with Crippen molar-refractivity contribution in [2.45, 2.75) is 26.4 Å². The van der Waals surface area contributed by atoms with E-state index in [1.54, 1.807) is 6.20 Å². The molecule has 1 aliphatic rings. The lowest BCUT2D eigenvalue weighted by Crippen LogP contribution is -2.39. The Balaban J connectivity index is 1.56. The van der Waals surface area contributed by atoms with Crippen LogP contribution in [0, 0.1) is 6.92 Å². The van der Waals surface area contributed by atoms with Crippen LogP contribution >= 0.6 is 0 Å². The van der Waals surface area contributed by atoms with Crippen LogP contribution in [-0.4, -0.2) is 31.9 Å². The molecule has 2 aromatic heterocycles. The van der Waals surface area contributed by atoms with Crippen LogP contribution in [0.5, 0.6) is 0 Å². The highest BCUT2D eigenvalue weighted by Gasteiger charge is 2.22. The van der Waals surface area contributed by atoms with Crippen LogP contribution in [0.2, 0.25) is 0 Å². The topological polar surface area (TPSA) is 51.0 Å². The van der Waals surface area contributed by atoms with E-state index < -0.39 is 0 Å². The summed E-state index contributed by atoms with van der Waals surface area (Å²) in [5, 5.41) is 2.17. The van der Waals surface area contributed by atoms with Crippen molar-refractivity contribution in [3.05, 3.63) is 59.9 Å². The van der Waals surface area contributed by atoms with Crippen LogP contribution in [0.4, 0.5) is 0 Å². The molecule has 0 atom stereocenters. The van der Waals surface area contributed by atoms with Gasteiger partial charge in [-0.3, -0.25) is 9.78 Å². The largest absolute Gasteiger partial charge is 0.333 e. The minimum atomic E-state index is 0.134. The molecule has 0 bridgehead atoms. The van der Waals surface area contributed by atoms with E-state index in [4.69, 9.17) is 0 Å². The third-order valence-electron chi connectivity index (χ3n) is 4.51. The number of nitrogens with zero attached hydrogens (tertiary/aromatic N) is 4. The number of carbonyl (C=O) groups excluding carboxylic acids is 1. The van der Waals surface area contributed by atoms with Gasteiger partial charge in [-0.25, -0.2) is 4.98 Å². The molecule has 5 nitrogen and oxygen atoms in total. The van der Waals surface area contributed by atoms with Gasteiger partial charge in [0.05, 0.1) is 13.0 Å². The Morgan fingerprint density at radius 3 is 2.96 bits per heavy atom. The maximum atomic E-state index is 12.7. The first-order chi connectivity index (χ1) is 11.2. The van der Waals surface area contributed by atoms with Gasteiger partial charge in [-0.2, -0.15) is 0 Å². The lowest BCUT2D eigenvalue weighted by atomic mass is 10.0. The van der Waals surface area contributed by atoms with Gasteiger partial charge in [0, 0.05) is 42.8 Å². The van der Waals surface area contributed by atoms with E-state index >= 15 is 0 Å². The standard InChI is InChI=1S/C18H18N4O/c1-13-9-20-17-12-21(6-7-22(13)17)18(23)8-15-11-19-10-14-4-2-3-5-16(14)15/h2-5,9-11H,6-8,12H2,1H3. The summed E-state index contributed by atoms with van der Waals surface area (Å²) in [6.07, 6.45) is 5.89. The predicted octanol–water partition coefficient (Wildman–Crippen LogP) is 2.32. The molecular formula is C18H18N4O. The molecule has 0 spiro atoms. The van der Waals surface area contributed by atoms with Crippen molar-refractivity contribution in [3.63, 3.8) is 0 Å². The third kappa shape index (κ3) is 2.48. The van der Waals surface area contributed by atoms with Crippen molar-refractivity contribution in [1.29, 1.82) is 0 Å². The zero-order chi connectivity index (χ0) is 15.8. The maximum absolute atomic E-state index is 12.7. The van der Waals surface area contributed by atoms with Crippen molar-refractivity contribution >= 4 is 16.7 Å². The molecule has 23 heavy (non-hydrogen) atoms. The molecular weight excluding hydrogens is 288 g/mol. The number of aromatic nitrogens is 3. The molecule has 0 fully saturated rings. The molecule has 0 unspecified atom stereocenters. The number of amides is 1. The number of rotatable bonds is 2. The van der Waals surface area contributed by atoms with E-state index in [-0.39, 0.29) is 5.91 Å². The Bertz CT molecular complexity index is 878. The second-order valence-electron chi connectivity index (χ2n) is 5.98. The maximum Gasteiger partial charge on any atom is 0.227 e. The van der Waals surface area contributed by atoms with Crippen molar-refractivity contribution in [2.24, 2.45) is 0 Å². The van der Waals surface area contributed by atoms with E-state index in [9.17, 15) is 4.79 Å². The third-order valence-corrected chi connectivity index (χ3v) is 4.51. The smallest absolute Gasteiger partial charge is 0.227 e. The van der Waals surface area contributed by atoms with Crippen LogP contribution in [-0.2, 0) is 24.3 Å². The average Bonchev–Trinajstić information content (AvgIpc) is 2.96. The van der Waals surface area contributed by atoms with E-state index in [0.717, 1.165) is 40.9 Å². The minimum absolute atomic E-state index is 0.134. The Hall–Kier alpha value is -2.69. The molecule has 5 heteroatoms. The summed E-state index contributed by atoms with van der Waals surface area (Å²) in [7, 11) is 0. The van der Waals surface area contributed by atoms with Gasteiger partial charge in [0.1, 0.15) is 5.82 Å². The quantitative estimate of drug-likeness (QED) is 0.730. The Labute approximate surface area is 134 Å². The summed E-state index contributed by atoms with van der Waals surface area (Å²) in [5.41, 5.74) is 2.14. The number of imidazole rings is 1. The predicted molar refractivity (Wildman–Crippen MR) is 87.8 cm³/mol. The number of aryl methyl sites for hydroxylation is 1. The molecule has 0 saturated heterocycles. The number of benzene rings is 1. The van der Waals surface area contributed by atoms with E-state index in [0.29, 0.717) is 13.0 Å². The Morgan fingerprint density at radius 2 is 2.04 bits per heavy atom. The molecule has 0 N–H and O–H groups in total. The summed E-state index contributed by atoms with van der Waals surface area (Å²) in [5.74, 6) is 1.10. The summed E-state index contributed by atoms with van der Waals surface area (Å²) in [6.45, 7) is 4.20. The van der Waals surface area contributed by atoms with Gasteiger partial charge in [0.15, 0.2) is 0 Å². The molecule has 3 aromatic rings. The van der Waals surface area contributed by atoms with Gasteiger partial charge in [-0.15, -0.1) is 0 Å². The minimum Gasteiger partial charge on any atom is -0.333 e. The lowest BCUT2D eigenvalue weighted by Gasteiger charge is -2.28. The molecule has 4 rings (SSSR count). The normalized spacial score (nSPS) is 14.0. The molecule has 0 saturated carbocycles. The van der Waals surface area contributed by atoms with Crippen LogP contribution in [0.1, 0.15) is 17.1 Å². The van der Waals surface area contributed by atoms with Crippen molar-refractivity contribution in [3.8, 4) is 0 Å². The van der Waals surface area contributed by atoms with E-state index in [1.165, 1.54) is 0 Å². The number of hydrogen-bond acceptors (Lipinski definition) is 3. The second kappa shape index (κ2) is 5.50. The first-order valence-electron chi connectivity index (χ1n) is 7.83. The van der Waals surface area contributed by atoms with Crippen molar-refractivity contribution in [1.82, 2.24) is 19.4 Å². The molecule has 1 aromatic carbocycles. The fourth-order valence-corrected chi connectivity index (χ4v) is 3.22. The van der Waals surface area contributed by atoms with Crippen molar-refractivity contribution < 1.29 is 4.79 Å². The monoisotopic (exact) mass is 306 g/mol. The SMILES string of the molecule is Cc1cnc2n1CCN(C(=O)Cc1cncc3ccccc13)C2. The highest BCUT2D eigenvalue weighted by Crippen LogP contribution is 2.20. The molecule has 1 aliphatic heterocycles. The van der Waals surface area contributed by atoms with Crippen LogP contribution in [0.15, 0.2) is 42.9 Å². The van der Waals surface area contributed by atoms with Crippen LogP contribution < -0.4 is 0 Å². The van der Waals surface area contributed by atoms with Gasteiger partial charge in [-0.05, 0) is 17.9 Å². The lowest BCUT2D eigenvalue weighted by molar-refractivity contribution is -0.132. The second-order valence-corrected chi connectivity index (χ2v) is 5.98. The molecule has 3 heterocycles. The number of pyridine rings is 1. The van der Waals surface area contributed by atoms with Crippen LogP contribution in [0.25, 0.3) is 10.8 Å². The van der Waals surface area contributed by atoms with Gasteiger partial charge in [-0.1, -0.05) is 24.3 Å². The summed E-state index contributed by atoms with van der Waals surface area (Å²) < 4.78 is 2.18. The Kier molecular flexibility index (Phi) is 3.33. The fourth-order valence-electron chi connectivity index (χ4n) is 3.22. The zero-order valence-corrected chi connectivity index (χ0v) is 13.1. The van der Waals surface area contributed by atoms with Gasteiger partial charge >= 0.3 is 0 Å². The highest BCUT2D eigenvalue weighted by atomic mass is 16.2. The van der Waals surface area contributed by atoms with Crippen LogP contribution in [0.3, 0.4) is 0 Å². The highest BCUT2D eigenvalue weighted by molar-refractivity contribution is 5.89. The number of carbonyl (C=O) groups is 1. The van der Waals surface area contributed by atoms with Gasteiger partial charge < -0.3 is 9.47 Å². The molecule has 116 valence electrons. The van der Waals surface area contributed by atoms with Crippen molar-refractivity contribution in [2.75, 3.05) is 6.54 Å². The number of fused-ring (bicyclic) bond motifs is 2. The Morgan fingerprint density at radius 1 is 1.17 bits per heavy atom. The average molecular weight is 306 g/mol. The van der Waals surface area contributed by atoms with Gasteiger partial charge in [0.25, 0.3) is 0 Å². The molecule has 0 aliphatic carbocycles. The fraction of sp³-hybridized carbons (Fsp3) is 0.278. The molecule has 1 amide bonds. The summed E-state index contributed by atoms with van der Waals surface area (Å²) in [6, 6.07) is 8.06.